The summed E-state index contributed by atoms with van der Waals surface area (Å²) in [7, 11) is 0. The smallest absolute Gasteiger partial charge is 0.233 e. The van der Waals surface area contributed by atoms with E-state index in [1.807, 2.05) is 31.2 Å². The molecule has 0 atom stereocenters. The molecule has 3 N–H and O–H groups in total. The molecule has 1 aromatic rings. The minimum atomic E-state index is -0.707. The van der Waals surface area contributed by atoms with Gasteiger partial charge in [0.15, 0.2) is 0 Å². The Morgan fingerprint density at radius 3 is 2.29 bits per heavy atom. The Balaban J connectivity index is 2.86. The standard InChI is InChI=1S/C17H26N2OS/c1-4-10-17(11-5-2,15(18)21)16(20)19-12-14-9-7-6-8-13(14)3/h6-9H,4-5,10-12H2,1-3H3,(H2,18,21)(H,19,20). The highest BCUT2D eigenvalue weighted by molar-refractivity contribution is 7.80. The number of rotatable bonds is 8. The number of nitrogens with two attached hydrogens (primary N) is 1. The molecule has 0 saturated heterocycles. The lowest BCUT2D eigenvalue weighted by Crippen LogP contribution is -2.48. The van der Waals surface area contributed by atoms with E-state index in [0.29, 0.717) is 24.4 Å². The number of hydrogen-bond acceptors (Lipinski definition) is 2. The molecule has 4 heteroatoms. The van der Waals surface area contributed by atoms with Crippen molar-refractivity contribution in [2.24, 2.45) is 11.1 Å². The van der Waals surface area contributed by atoms with Crippen molar-refractivity contribution >= 4 is 23.1 Å². The van der Waals surface area contributed by atoms with Crippen molar-refractivity contribution in [3.8, 4) is 0 Å². The average molecular weight is 306 g/mol. The van der Waals surface area contributed by atoms with Crippen LogP contribution in [0.3, 0.4) is 0 Å². The van der Waals surface area contributed by atoms with Gasteiger partial charge in [0.1, 0.15) is 0 Å². The first-order chi connectivity index (χ1) is 9.97. The monoisotopic (exact) mass is 306 g/mol. The lowest BCUT2D eigenvalue weighted by molar-refractivity contribution is -0.128. The van der Waals surface area contributed by atoms with Gasteiger partial charge >= 0.3 is 0 Å². The van der Waals surface area contributed by atoms with E-state index in [0.717, 1.165) is 18.4 Å². The Kier molecular flexibility index (Phi) is 6.82. The molecule has 0 aromatic heterocycles. The number of nitrogens with one attached hydrogen (secondary N) is 1. The van der Waals surface area contributed by atoms with E-state index in [-0.39, 0.29) is 5.91 Å². The minimum absolute atomic E-state index is 0.0399. The van der Waals surface area contributed by atoms with Crippen molar-refractivity contribution < 1.29 is 4.79 Å². The minimum Gasteiger partial charge on any atom is -0.392 e. The van der Waals surface area contributed by atoms with Crippen LogP contribution < -0.4 is 11.1 Å². The summed E-state index contributed by atoms with van der Waals surface area (Å²) in [6, 6.07) is 8.04. The Labute approximate surface area is 133 Å². The van der Waals surface area contributed by atoms with Crippen molar-refractivity contribution in [2.75, 3.05) is 0 Å². The Morgan fingerprint density at radius 1 is 1.24 bits per heavy atom. The van der Waals surface area contributed by atoms with Gasteiger partial charge < -0.3 is 11.1 Å². The summed E-state index contributed by atoms with van der Waals surface area (Å²) in [6.45, 7) is 6.66. The molecule has 0 unspecified atom stereocenters. The van der Waals surface area contributed by atoms with Gasteiger partial charge in [-0.1, -0.05) is 63.2 Å². The third-order valence-electron chi connectivity index (χ3n) is 3.96. The summed E-state index contributed by atoms with van der Waals surface area (Å²) in [5, 5.41) is 3.03. The summed E-state index contributed by atoms with van der Waals surface area (Å²) >= 11 is 5.21. The number of carbonyl (C=O) groups excluding carboxylic acids is 1. The Hall–Kier alpha value is -1.42. The van der Waals surface area contributed by atoms with Crippen LogP contribution in [0.15, 0.2) is 24.3 Å². The zero-order valence-corrected chi connectivity index (χ0v) is 14.1. The molecule has 1 amide bonds. The van der Waals surface area contributed by atoms with Crippen molar-refractivity contribution in [2.45, 2.75) is 53.0 Å². The van der Waals surface area contributed by atoms with E-state index < -0.39 is 5.41 Å². The fourth-order valence-corrected chi connectivity index (χ4v) is 3.01. The number of thiocarbonyl (C=S) groups is 1. The topological polar surface area (TPSA) is 55.1 Å². The molecule has 116 valence electrons. The quantitative estimate of drug-likeness (QED) is 0.723. The van der Waals surface area contributed by atoms with Crippen molar-refractivity contribution in [1.29, 1.82) is 0 Å². The summed E-state index contributed by atoms with van der Waals surface area (Å²) < 4.78 is 0. The van der Waals surface area contributed by atoms with Crippen LogP contribution in [0.25, 0.3) is 0 Å². The first-order valence-electron chi connectivity index (χ1n) is 7.60. The number of amides is 1. The molecular weight excluding hydrogens is 280 g/mol. The molecule has 0 saturated carbocycles. The van der Waals surface area contributed by atoms with Crippen LogP contribution in [-0.4, -0.2) is 10.9 Å². The van der Waals surface area contributed by atoms with Gasteiger partial charge in [-0.15, -0.1) is 0 Å². The number of carbonyl (C=O) groups is 1. The first-order valence-corrected chi connectivity index (χ1v) is 8.01. The molecule has 1 rings (SSSR count). The molecule has 0 aliphatic carbocycles. The maximum atomic E-state index is 12.7. The van der Waals surface area contributed by atoms with Crippen molar-refractivity contribution in [3.63, 3.8) is 0 Å². The molecule has 21 heavy (non-hydrogen) atoms. The summed E-state index contributed by atoms with van der Waals surface area (Å²) in [5.41, 5.74) is 7.50. The lowest BCUT2D eigenvalue weighted by atomic mass is 9.78. The highest BCUT2D eigenvalue weighted by Crippen LogP contribution is 2.31. The summed E-state index contributed by atoms with van der Waals surface area (Å²) in [4.78, 5) is 13.0. The van der Waals surface area contributed by atoms with Crippen molar-refractivity contribution in [3.05, 3.63) is 35.4 Å². The van der Waals surface area contributed by atoms with Gasteiger partial charge in [0, 0.05) is 6.54 Å². The SMILES string of the molecule is CCCC(CCC)(C(=O)NCc1ccccc1C)C(N)=S. The van der Waals surface area contributed by atoms with Crippen LogP contribution in [0, 0.1) is 12.3 Å². The molecule has 0 radical (unpaired) electrons. The second kappa shape index (κ2) is 8.13. The van der Waals surface area contributed by atoms with E-state index in [4.69, 9.17) is 18.0 Å². The molecule has 0 heterocycles. The van der Waals surface area contributed by atoms with Gasteiger partial charge in [0.05, 0.1) is 10.4 Å². The second-order valence-electron chi connectivity index (χ2n) is 5.56. The number of aryl methyl sites for hydroxylation is 1. The zero-order valence-electron chi connectivity index (χ0n) is 13.2. The van der Waals surface area contributed by atoms with Crippen LogP contribution in [0.2, 0.25) is 0 Å². The second-order valence-corrected chi connectivity index (χ2v) is 6.00. The van der Waals surface area contributed by atoms with Gasteiger partial charge in [-0.25, -0.2) is 0 Å². The molecule has 0 bridgehead atoms. The summed E-state index contributed by atoms with van der Waals surface area (Å²) in [6.07, 6.45) is 3.18. The van der Waals surface area contributed by atoms with Gasteiger partial charge in [-0.3, -0.25) is 4.79 Å². The molecule has 0 fully saturated rings. The van der Waals surface area contributed by atoms with Gasteiger partial charge in [-0.05, 0) is 30.9 Å². The van der Waals surface area contributed by atoms with Gasteiger partial charge in [0.25, 0.3) is 0 Å². The third-order valence-corrected chi connectivity index (χ3v) is 4.35. The molecule has 0 aliphatic rings. The predicted octanol–water partition coefficient (Wildman–Crippen LogP) is 3.48. The van der Waals surface area contributed by atoms with Gasteiger partial charge in [0.2, 0.25) is 5.91 Å². The average Bonchev–Trinajstić information content (AvgIpc) is 2.45. The maximum absolute atomic E-state index is 12.7. The van der Waals surface area contributed by atoms with E-state index >= 15 is 0 Å². The van der Waals surface area contributed by atoms with Crippen LogP contribution in [0.5, 0.6) is 0 Å². The maximum Gasteiger partial charge on any atom is 0.233 e. The fourth-order valence-electron chi connectivity index (χ4n) is 2.72. The summed E-state index contributed by atoms with van der Waals surface area (Å²) in [5.74, 6) is -0.0399. The molecule has 0 aliphatic heterocycles. The van der Waals surface area contributed by atoms with E-state index in [1.165, 1.54) is 5.56 Å². The fraction of sp³-hybridized carbons (Fsp3) is 0.529. The van der Waals surface area contributed by atoms with E-state index in [9.17, 15) is 4.79 Å². The lowest BCUT2D eigenvalue weighted by Gasteiger charge is -2.31. The molecule has 1 aromatic carbocycles. The molecule has 0 spiro atoms. The third kappa shape index (κ3) is 4.27. The molecule has 3 nitrogen and oxygen atoms in total. The number of hydrogen-bond donors (Lipinski definition) is 2. The van der Waals surface area contributed by atoms with Crippen LogP contribution in [0.1, 0.15) is 50.7 Å². The first kappa shape index (κ1) is 17.6. The highest BCUT2D eigenvalue weighted by atomic mass is 32.1. The van der Waals surface area contributed by atoms with Crippen LogP contribution in [-0.2, 0) is 11.3 Å². The van der Waals surface area contributed by atoms with Gasteiger partial charge in [-0.2, -0.15) is 0 Å². The van der Waals surface area contributed by atoms with Crippen LogP contribution >= 0.6 is 12.2 Å². The Morgan fingerprint density at radius 2 is 1.81 bits per heavy atom. The zero-order chi connectivity index (χ0) is 15.9. The highest BCUT2D eigenvalue weighted by Gasteiger charge is 2.39. The molecular formula is C17H26N2OS. The number of benzene rings is 1. The van der Waals surface area contributed by atoms with Crippen LogP contribution in [0.4, 0.5) is 0 Å². The van der Waals surface area contributed by atoms with E-state index in [2.05, 4.69) is 19.2 Å². The normalized spacial score (nSPS) is 11.2. The largest absolute Gasteiger partial charge is 0.392 e. The van der Waals surface area contributed by atoms with E-state index in [1.54, 1.807) is 0 Å². The predicted molar refractivity (Wildman–Crippen MR) is 92.1 cm³/mol. The van der Waals surface area contributed by atoms with Crippen molar-refractivity contribution in [1.82, 2.24) is 5.32 Å². The Bertz CT molecular complexity index is 493.